The predicted molar refractivity (Wildman–Crippen MR) is 106 cm³/mol. The molecule has 3 heterocycles. The van der Waals surface area contributed by atoms with Gasteiger partial charge >= 0.3 is 0 Å². The molecule has 4 rings (SSSR count). The number of nitrogen functional groups attached to an aromatic ring is 1. The Labute approximate surface area is 159 Å². The van der Waals surface area contributed by atoms with Crippen molar-refractivity contribution in [2.75, 3.05) is 18.9 Å². The highest BCUT2D eigenvalue weighted by molar-refractivity contribution is 7.13. The molecule has 0 saturated carbocycles. The fraction of sp³-hybridized carbons (Fsp3) is 0.316. The van der Waals surface area contributed by atoms with E-state index in [-0.39, 0.29) is 11.7 Å². The maximum atomic E-state index is 12.7. The van der Waals surface area contributed by atoms with Gasteiger partial charge in [-0.3, -0.25) is 4.79 Å². The zero-order valence-electron chi connectivity index (χ0n) is 14.1. The Morgan fingerprint density at radius 2 is 2.31 bits per heavy atom. The minimum atomic E-state index is -0.201. The molecule has 0 spiro atoms. The van der Waals surface area contributed by atoms with Gasteiger partial charge in [-0.1, -0.05) is 17.7 Å². The van der Waals surface area contributed by atoms with E-state index in [1.54, 1.807) is 12.1 Å². The van der Waals surface area contributed by atoms with Crippen LogP contribution in [0.5, 0.6) is 5.75 Å². The minimum Gasteiger partial charge on any atom is -0.492 e. The molecule has 0 aliphatic carbocycles. The van der Waals surface area contributed by atoms with Crippen LogP contribution in [0.4, 0.5) is 5.69 Å². The number of aromatic nitrogens is 1. The zero-order chi connectivity index (χ0) is 18.1. The number of fused-ring (bicyclic) bond motifs is 1. The molecule has 1 fully saturated rings. The Morgan fingerprint density at radius 1 is 1.42 bits per heavy atom. The van der Waals surface area contributed by atoms with Crippen molar-refractivity contribution in [3.8, 4) is 16.2 Å². The monoisotopic (exact) mass is 390 g/mol. The predicted octanol–water partition coefficient (Wildman–Crippen LogP) is 4.44. The summed E-state index contributed by atoms with van der Waals surface area (Å²) >= 11 is 7.62. The van der Waals surface area contributed by atoms with Crippen LogP contribution in [-0.4, -0.2) is 24.3 Å². The molecule has 1 saturated heterocycles. The first kappa shape index (κ1) is 17.4. The Hall–Kier alpha value is -2.02. The zero-order valence-corrected chi connectivity index (χ0v) is 15.7. The minimum absolute atomic E-state index is 0.201. The lowest BCUT2D eigenvalue weighted by molar-refractivity contribution is 0.0906. The summed E-state index contributed by atoms with van der Waals surface area (Å²) in [5, 5.41) is 3.09. The Morgan fingerprint density at radius 3 is 3.04 bits per heavy atom. The first-order valence-corrected chi connectivity index (χ1v) is 9.82. The van der Waals surface area contributed by atoms with E-state index in [4.69, 9.17) is 26.8 Å². The first-order chi connectivity index (χ1) is 12.6. The van der Waals surface area contributed by atoms with E-state index in [0.29, 0.717) is 34.1 Å². The summed E-state index contributed by atoms with van der Waals surface area (Å²) in [6, 6.07) is 7.24. The molecule has 1 aliphatic rings. The third-order valence-corrected chi connectivity index (χ3v) is 5.78. The Balaban J connectivity index is 1.78. The summed E-state index contributed by atoms with van der Waals surface area (Å²) in [4.78, 5) is 16.5. The van der Waals surface area contributed by atoms with Crippen molar-refractivity contribution in [3.63, 3.8) is 0 Å². The van der Waals surface area contributed by atoms with Gasteiger partial charge in [-0.15, -0.1) is 11.3 Å². The number of thiophene rings is 1. The van der Waals surface area contributed by atoms with Gasteiger partial charge in [0, 0.05) is 23.3 Å². The van der Waals surface area contributed by atoms with Gasteiger partial charge in [-0.05, 0) is 36.4 Å². The lowest BCUT2D eigenvalue weighted by Gasteiger charge is -2.15. The molecule has 1 unspecified atom stereocenters. The number of aromatic amines is 1. The highest BCUT2D eigenvalue weighted by Gasteiger charge is 2.20. The van der Waals surface area contributed by atoms with Crippen molar-refractivity contribution in [2.45, 2.75) is 25.4 Å². The van der Waals surface area contributed by atoms with Crippen LogP contribution < -0.4 is 16.0 Å². The third-order valence-electron chi connectivity index (χ3n) is 4.56. The van der Waals surface area contributed by atoms with Gasteiger partial charge in [0.25, 0.3) is 5.56 Å². The molecule has 0 radical (unpaired) electrons. The van der Waals surface area contributed by atoms with Gasteiger partial charge in [0.1, 0.15) is 5.75 Å². The van der Waals surface area contributed by atoms with E-state index in [9.17, 15) is 4.79 Å². The van der Waals surface area contributed by atoms with Gasteiger partial charge in [0.2, 0.25) is 0 Å². The maximum Gasteiger partial charge on any atom is 0.260 e. The molecular weight excluding hydrogens is 372 g/mol. The summed E-state index contributed by atoms with van der Waals surface area (Å²) < 4.78 is 11.8. The summed E-state index contributed by atoms with van der Waals surface area (Å²) in [6.45, 7) is 1.29. The molecule has 5 nitrogen and oxygen atoms in total. The second-order valence-corrected chi connectivity index (χ2v) is 7.68. The second-order valence-electron chi connectivity index (χ2n) is 6.33. The molecule has 3 aromatic rings. The second kappa shape index (κ2) is 7.31. The summed E-state index contributed by atoms with van der Waals surface area (Å²) in [6.07, 6.45) is 3.17. The van der Waals surface area contributed by atoms with Crippen molar-refractivity contribution in [1.82, 2.24) is 4.98 Å². The molecule has 1 aliphatic heterocycles. The fourth-order valence-electron chi connectivity index (χ4n) is 3.26. The Kier molecular flexibility index (Phi) is 4.89. The lowest BCUT2D eigenvalue weighted by Crippen LogP contribution is -2.15. The number of hydrogen-bond acceptors (Lipinski definition) is 5. The smallest absolute Gasteiger partial charge is 0.260 e. The van der Waals surface area contributed by atoms with Gasteiger partial charge < -0.3 is 20.2 Å². The van der Waals surface area contributed by atoms with Gasteiger partial charge in [0.15, 0.2) is 0 Å². The number of anilines is 1. The van der Waals surface area contributed by atoms with Crippen LogP contribution in [0.15, 0.2) is 34.4 Å². The van der Waals surface area contributed by atoms with Crippen LogP contribution in [-0.2, 0) is 4.74 Å². The molecule has 3 N–H and O–H groups in total. The summed E-state index contributed by atoms with van der Waals surface area (Å²) in [7, 11) is 0. The molecule has 136 valence electrons. The number of H-pyrrole nitrogens is 1. The SMILES string of the molecule is Nc1cc2c(OCCC3CCCO3)c(-c3cccs3)c(=O)[nH]c2cc1Cl. The Bertz CT molecular complexity index is 979. The molecule has 26 heavy (non-hydrogen) atoms. The van der Waals surface area contributed by atoms with Crippen molar-refractivity contribution in [3.05, 3.63) is 45.0 Å². The average Bonchev–Trinajstić information content (AvgIpc) is 3.30. The van der Waals surface area contributed by atoms with E-state index >= 15 is 0 Å². The average molecular weight is 391 g/mol. The lowest BCUT2D eigenvalue weighted by atomic mass is 10.1. The quantitative estimate of drug-likeness (QED) is 0.631. The topological polar surface area (TPSA) is 77.3 Å². The van der Waals surface area contributed by atoms with Crippen LogP contribution in [0, 0.1) is 0 Å². The van der Waals surface area contributed by atoms with Crippen LogP contribution in [0.1, 0.15) is 19.3 Å². The molecule has 0 amide bonds. The maximum absolute atomic E-state index is 12.7. The van der Waals surface area contributed by atoms with Crippen LogP contribution in [0.25, 0.3) is 21.3 Å². The summed E-state index contributed by atoms with van der Waals surface area (Å²) in [5.41, 5.74) is 7.38. The van der Waals surface area contributed by atoms with E-state index in [1.165, 1.54) is 11.3 Å². The van der Waals surface area contributed by atoms with E-state index in [2.05, 4.69) is 4.98 Å². The number of rotatable bonds is 5. The number of nitrogens with one attached hydrogen (secondary N) is 1. The van der Waals surface area contributed by atoms with E-state index in [0.717, 1.165) is 36.1 Å². The van der Waals surface area contributed by atoms with Crippen LogP contribution >= 0.6 is 22.9 Å². The van der Waals surface area contributed by atoms with Crippen molar-refractivity contribution in [1.29, 1.82) is 0 Å². The molecule has 7 heteroatoms. The van der Waals surface area contributed by atoms with Gasteiger partial charge in [-0.25, -0.2) is 0 Å². The first-order valence-electron chi connectivity index (χ1n) is 8.57. The standard InChI is InChI=1S/C19H19ClN2O3S/c20-13-10-15-12(9-14(13)21)18(25-7-5-11-3-1-6-24-11)17(19(23)22-15)16-4-2-8-26-16/h2,4,8-11H,1,3,5-7,21H2,(H,22,23). The highest BCUT2D eigenvalue weighted by Crippen LogP contribution is 2.38. The number of pyridine rings is 1. The number of halogens is 1. The number of ether oxygens (including phenoxy) is 2. The van der Waals surface area contributed by atoms with Crippen molar-refractivity contribution in [2.24, 2.45) is 0 Å². The fourth-order valence-corrected chi connectivity index (χ4v) is 4.19. The van der Waals surface area contributed by atoms with E-state index in [1.807, 2.05) is 17.5 Å². The number of benzene rings is 1. The highest BCUT2D eigenvalue weighted by atomic mass is 35.5. The van der Waals surface area contributed by atoms with Gasteiger partial charge in [0.05, 0.1) is 34.5 Å². The third kappa shape index (κ3) is 3.32. The van der Waals surface area contributed by atoms with Crippen molar-refractivity contribution >= 4 is 39.5 Å². The molecule has 2 aromatic heterocycles. The number of hydrogen-bond donors (Lipinski definition) is 2. The largest absolute Gasteiger partial charge is 0.492 e. The molecule has 1 aromatic carbocycles. The van der Waals surface area contributed by atoms with Crippen LogP contribution in [0.2, 0.25) is 5.02 Å². The van der Waals surface area contributed by atoms with Gasteiger partial charge in [-0.2, -0.15) is 0 Å². The van der Waals surface area contributed by atoms with Crippen LogP contribution in [0.3, 0.4) is 0 Å². The number of nitrogens with two attached hydrogens (primary N) is 1. The molecule has 1 atom stereocenters. The summed E-state index contributed by atoms with van der Waals surface area (Å²) in [5.74, 6) is 0.549. The normalized spacial score (nSPS) is 17.0. The molecule has 0 bridgehead atoms. The van der Waals surface area contributed by atoms with Crippen molar-refractivity contribution < 1.29 is 9.47 Å². The van der Waals surface area contributed by atoms with E-state index < -0.39 is 0 Å². The molecular formula is C19H19ClN2O3S.